The average molecular weight is 409 g/mol. The Morgan fingerprint density at radius 2 is 1.83 bits per heavy atom. The highest BCUT2D eigenvalue weighted by Gasteiger charge is 2.49. The number of hydrogen-bond acceptors (Lipinski definition) is 6. The Morgan fingerprint density at radius 1 is 1.14 bits per heavy atom. The van der Waals surface area contributed by atoms with Gasteiger partial charge in [0.25, 0.3) is 0 Å². The third-order valence-corrected chi connectivity index (χ3v) is 4.89. The van der Waals surface area contributed by atoms with Crippen molar-refractivity contribution in [1.82, 2.24) is 4.90 Å². The van der Waals surface area contributed by atoms with Crippen molar-refractivity contribution in [3.63, 3.8) is 0 Å². The van der Waals surface area contributed by atoms with Gasteiger partial charge in [0, 0.05) is 19.0 Å². The summed E-state index contributed by atoms with van der Waals surface area (Å²) in [5.41, 5.74) is -2.05. The molecule has 1 saturated heterocycles. The quantitative estimate of drug-likeness (QED) is 0.733. The molecule has 0 aromatic heterocycles. The van der Waals surface area contributed by atoms with E-state index in [0.717, 1.165) is 12.8 Å². The molecular weight excluding hydrogens is 378 g/mol. The molecule has 29 heavy (non-hydrogen) atoms. The van der Waals surface area contributed by atoms with Crippen LogP contribution in [0.25, 0.3) is 0 Å². The summed E-state index contributed by atoms with van der Waals surface area (Å²) < 4.78 is 21.7. The molecule has 1 fully saturated rings. The maximum atomic E-state index is 12.7. The van der Waals surface area contributed by atoms with Gasteiger partial charge in [-0.25, -0.2) is 9.59 Å². The molecule has 8 heteroatoms. The van der Waals surface area contributed by atoms with Crippen LogP contribution in [-0.2, 0) is 9.53 Å². The number of likely N-dealkylation sites (tertiary alicyclic amines) is 1. The van der Waals surface area contributed by atoms with Crippen LogP contribution in [-0.4, -0.2) is 60.6 Å². The molecule has 0 radical (unpaired) electrons. The zero-order valence-electron chi connectivity index (χ0n) is 17.8. The number of hydrogen-bond donors (Lipinski definition) is 1. The molecule has 0 saturated carbocycles. The molecule has 1 aromatic carbocycles. The number of ether oxygens (including phenoxy) is 4. The molecule has 162 valence electrons. The van der Waals surface area contributed by atoms with Crippen molar-refractivity contribution in [2.75, 3.05) is 27.4 Å². The van der Waals surface area contributed by atoms with Gasteiger partial charge >= 0.3 is 12.1 Å². The molecule has 8 nitrogen and oxygen atoms in total. The fourth-order valence-electron chi connectivity index (χ4n) is 3.45. The van der Waals surface area contributed by atoms with Crippen molar-refractivity contribution >= 4 is 12.1 Å². The number of benzene rings is 1. The summed E-state index contributed by atoms with van der Waals surface area (Å²) in [6.45, 7) is 5.76. The molecular formula is C21H31NO7. The van der Waals surface area contributed by atoms with Crippen LogP contribution in [0.5, 0.6) is 17.2 Å². The molecule has 2 rings (SSSR count). The largest absolute Gasteiger partial charge is 0.493 e. The minimum atomic E-state index is -1.35. The van der Waals surface area contributed by atoms with E-state index in [1.165, 1.54) is 12.0 Å². The van der Waals surface area contributed by atoms with Crippen molar-refractivity contribution in [2.24, 2.45) is 0 Å². The van der Waals surface area contributed by atoms with Gasteiger partial charge in [0.2, 0.25) is 0 Å². The van der Waals surface area contributed by atoms with Crippen LogP contribution in [0.1, 0.15) is 46.5 Å². The second-order valence-corrected chi connectivity index (χ2v) is 8.04. The molecule has 0 spiro atoms. The number of amides is 1. The lowest BCUT2D eigenvalue weighted by Crippen LogP contribution is -2.60. The minimum absolute atomic E-state index is 0.126. The topological polar surface area (TPSA) is 94.5 Å². The lowest BCUT2D eigenvalue weighted by molar-refractivity contribution is -0.154. The van der Waals surface area contributed by atoms with Gasteiger partial charge in [-0.3, -0.25) is 4.90 Å². The fourth-order valence-corrected chi connectivity index (χ4v) is 3.45. The van der Waals surface area contributed by atoms with Crippen LogP contribution in [0.2, 0.25) is 0 Å². The Hall–Kier alpha value is -2.64. The zero-order valence-corrected chi connectivity index (χ0v) is 17.8. The number of aliphatic carboxylic acids is 1. The summed E-state index contributed by atoms with van der Waals surface area (Å²) in [5.74, 6) is 0.582. The fraction of sp³-hybridized carbons (Fsp3) is 0.619. The summed E-state index contributed by atoms with van der Waals surface area (Å²) in [6, 6.07) is 5.12. The number of carbonyl (C=O) groups excluding carboxylic acids is 1. The van der Waals surface area contributed by atoms with Crippen molar-refractivity contribution in [1.29, 1.82) is 0 Å². The molecule has 1 aromatic rings. The first kappa shape index (κ1) is 22.6. The molecule has 1 atom stereocenters. The molecule has 0 aliphatic carbocycles. The number of carboxylic acids is 1. The highest BCUT2D eigenvalue weighted by atomic mass is 16.6. The van der Waals surface area contributed by atoms with Gasteiger partial charge in [0.1, 0.15) is 16.9 Å². The van der Waals surface area contributed by atoms with Gasteiger partial charge in [0.05, 0.1) is 20.8 Å². The summed E-state index contributed by atoms with van der Waals surface area (Å²) in [7, 11) is 3.07. The molecule has 1 N–H and O–H groups in total. The predicted molar refractivity (Wildman–Crippen MR) is 107 cm³/mol. The van der Waals surface area contributed by atoms with E-state index >= 15 is 0 Å². The van der Waals surface area contributed by atoms with Crippen LogP contribution in [0.15, 0.2) is 18.2 Å². The summed E-state index contributed by atoms with van der Waals surface area (Å²) >= 11 is 0. The van der Waals surface area contributed by atoms with Crippen LogP contribution in [0.3, 0.4) is 0 Å². The monoisotopic (exact) mass is 409 g/mol. The standard InChI is InChI=1S/C21H31NO7/c1-20(2,3)29-19(25)22-12-7-6-10-21(22,18(23)24)11-13-28-15-8-9-16(26-4)17(14-15)27-5/h8-9,14H,6-7,10-13H2,1-5H3,(H,23,24)/t21-/m0/s1. The van der Waals surface area contributed by atoms with Gasteiger partial charge < -0.3 is 24.1 Å². The normalized spacial score (nSPS) is 19.4. The number of rotatable bonds is 7. The number of carbonyl (C=O) groups is 2. The Labute approximate surface area is 171 Å². The van der Waals surface area contributed by atoms with E-state index < -0.39 is 23.2 Å². The first-order valence-electron chi connectivity index (χ1n) is 9.72. The number of methoxy groups -OCH3 is 2. The van der Waals surface area contributed by atoms with Crippen molar-refractivity contribution < 1.29 is 33.6 Å². The highest BCUT2D eigenvalue weighted by Crippen LogP contribution is 2.35. The van der Waals surface area contributed by atoms with Gasteiger partial charge in [-0.05, 0) is 52.2 Å². The highest BCUT2D eigenvalue weighted by molar-refractivity contribution is 5.84. The smallest absolute Gasteiger partial charge is 0.411 e. The Morgan fingerprint density at radius 3 is 2.41 bits per heavy atom. The van der Waals surface area contributed by atoms with E-state index in [0.29, 0.717) is 30.2 Å². The average Bonchev–Trinajstić information content (AvgIpc) is 2.66. The molecule has 1 aliphatic rings. The van der Waals surface area contributed by atoms with Gasteiger partial charge in [0.15, 0.2) is 11.5 Å². The van der Waals surface area contributed by atoms with E-state index in [4.69, 9.17) is 18.9 Å². The van der Waals surface area contributed by atoms with E-state index in [9.17, 15) is 14.7 Å². The van der Waals surface area contributed by atoms with Crippen molar-refractivity contribution in [2.45, 2.75) is 57.6 Å². The van der Waals surface area contributed by atoms with Crippen LogP contribution in [0, 0.1) is 0 Å². The number of nitrogens with zero attached hydrogens (tertiary/aromatic N) is 1. The third-order valence-electron chi connectivity index (χ3n) is 4.89. The van der Waals surface area contributed by atoms with Gasteiger partial charge in [-0.1, -0.05) is 0 Å². The second-order valence-electron chi connectivity index (χ2n) is 8.04. The first-order valence-corrected chi connectivity index (χ1v) is 9.72. The van der Waals surface area contributed by atoms with E-state index in [-0.39, 0.29) is 13.0 Å². The lowest BCUT2D eigenvalue weighted by Gasteiger charge is -2.44. The van der Waals surface area contributed by atoms with Crippen LogP contribution < -0.4 is 14.2 Å². The molecule has 1 amide bonds. The molecule has 0 unspecified atom stereocenters. The Kier molecular flexibility index (Phi) is 7.21. The SMILES string of the molecule is COc1ccc(OCC[C@]2(C(=O)O)CCCCN2C(=O)OC(C)(C)C)cc1OC. The van der Waals surface area contributed by atoms with Gasteiger partial charge in [-0.15, -0.1) is 0 Å². The number of piperidine rings is 1. The van der Waals surface area contributed by atoms with E-state index in [2.05, 4.69) is 0 Å². The Bertz CT molecular complexity index is 728. The second kappa shape index (κ2) is 9.24. The maximum Gasteiger partial charge on any atom is 0.411 e. The summed E-state index contributed by atoms with van der Waals surface area (Å²) in [5, 5.41) is 10.0. The lowest BCUT2D eigenvalue weighted by atomic mass is 9.84. The van der Waals surface area contributed by atoms with Gasteiger partial charge in [-0.2, -0.15) is 0 Å². The van der Waals surface area contributed by atoms with Crippen LogP contribution in [0.4, 0.5) is 4.79 Å². The third kappa shape index (κ3) is 5.46. The zero-order chi connectivity index (χ0) is 21.7. The van der Waals surface area contributed by atoms with Crippen molar-refractivity contribution in [3.05, 3.63) is 18.2 Å². The molecule has 0 bridgehead atoms. The summed E-state index contributed by atoms with van der Waals surface area (Å²) in [6.07, 6.45) is 1.37. The minimum Gasteiger partial charge on any atom is -0.493 e. The maximum absolute atomic E-state index is 12.7. The number of carboxylic acid groups (broad SMARTS) is 1. The van der Waals surface area contributed by atoms with E-state index in [1.54, 1.807) is 46.1 Å². The first-order chi connectivity index (χ1) is 13.6. The Balaban J connectivity index is 2.14. The van der Waals surface area contributed by atoms with Crippen LogP contribution >= 0.6 is 0 Å². The van der Waals surface area contributed by atoms with Crippen molar-refractivity contribution in [3.8, 4) is 17.2 Å². The molecule has 1 aliphatic heterocycles. The molecule has 1 heterocycles. The predicted octanol–water partition coefficient (Wildman–Crippen LogP) is 3.72. The van der Waals surface area contributed by atoms with E-state index in [1.807, 2.05) is 0 Å². The summed E-state index contributed by atoms with van der Waals surface area (Å²) in [4.78, 5) is 26.3.